The summed E-state index contributed by atoms with van der Waals surface area (Å²) in [5.41, 5.74) is 6.13. The number of carbonyl (C=O) groups excluding carboxylic acids is 1. The van der Waals surface area contributed by atoms with E-state index in [1.165, 1.54) is 25.7 Å². The first-order chi connectivity index (χ1) is 15.5. The molecule has 1 saturated carbocycles. The molecule has 3 aliphatic rings. The van der Waals surface area contributed by atoms with Crippen molar-refractivity contribution in [3.63, 3.8) is 0 Å². The highest BCUT2D eigenvalue weighted by Crippen LogP contribution is 2.44. The fourth-order valence-electron chi connectivity index (χ4n) is 5.49. The molecule has 3 atom stereocenters. The van der Waals surface area contributed by atoms with Crippen LogP contribution in [0.25, 0.3) is 0 Å². The molecule has 0 radical (unpaired) electrons. The van der Waals surface area contributed by atoms with Crippen LogP contribution in [0.15, 0.2) is 29.3 Å². The number of fused-ring (bicyclic) bond motifs is 1. The Kier molecular flexibility index (Phi) is 7.08. The van der Waals surface area contributed by atoms with Crippen molar-refractivity contribution in [3.05, 3.63) is 29.8 Å². The predicted octanol–water partition coefficient (Wildman–Crippen LogP) is 3.47. The topological polar surface area (TPSA) is 85.9 Å². The molecule has 2 fully saturated rings. The van der Waals surface area contributed by atoms with Crippen LogP contribution in [0.4, 0.5) is 10.1 Å². The first kappa shape index (κ1) is 23.1. The summed E-state index contributed by atoms with van der Waals surface area (Å²) in [6.07, 6.45) is 9.24. The largest absolute Gasteiger partial charge is 0.462 e. The van der Waals surface area contributed by atoms with E-state index in [1.807, 2.05) is 24.3 Å². The van der Waals surface area contributed by atoms with E-state index in [0.29, 0.717) is 30.9 Å². The Hall–Kier alpha value is -2.09. The van der Waals surface area contributed by atoms with Crippen LogP contribution in [-0.4, -0.2) is 45.8 Å². The number of carbonyl (C=O) groups is 1. The Morgan fingerprint density at radius 3 is 2.66 bits per heavy atom. The highest BCUT2D eigenvalue weighted by atomic mass is 19.1. The maximum atomic E-state index is 14.7. The summed E-state index contributed by atoms with van der Waals surface area (Å²) in [5, 5.41) is 2.73. The number of rotatable bonds is 4. The van der Waals surface area contributed by atoms with Crippen LogP contribution in [0.3, 0.4) is 0 Å². The minimum absolute atomic E-state index is 0.0123. The second-order valence-corrected chi connectivity index (χ2v) is 9.85. The Morgan fingerprint density at radius 2 is 1.94 bits per heavy atom. The predicted molar refractivity (Wildman–Crippen MR) is 126 cm³/mol. The van der Waals surface area contributed by atoms with Gasteiger partial charge < -0.3 is 20.5 Å². The number of nitrogens with two attached hydrogens (primary N) is 1. The van der Waals surface area contributed by atoms with E-state index >= 15 is 0 Å². The molecule has 3 N–H and O–H groups in total. The van der Waals surface area contributed by atoms with Crippen LogP contribution in [0, 0.1) is 5.92 Å². The van der Waals surface area contributed by atoms with E-state index in [9.17, 15) is 9.18 Å². The lowest BCUT2D eigenvalue weighted by atomic mass is 9.62. The summed E-state index contributed by atoms with van der Waals surface area (Å²) in [6.45, 7) is 0.211. The molecule has 2 heterocycles. The third-order valence-electron chi connectivity index (χ3n) is 7.57. The van der Waals surface area contributed by atoms with Crippen LogP contribution in [0.2, 0.25) is 5.31 Å². The summed E-state index contributed by atoms with van der Waals surface area (Å²) in [5.74, 6) is -0.230. The van der Waals surface area contributed by atoms with Crippen LogP contribution < -0.4 is 11.1 Å². The van der Waals surface area contributed by atoms with E-state index in [0.717, 1.165) is 25.7 Å². The number of halogens is 1. The Balaban J connectivity index is 1.58. The van der Waals surface area contributed by atoms with E-state index in [4.69, 9.17) is 15.2 Å². The van der Waals surface area contributed by atoms with Gasteiger partial charge in [-0.25, -0.2) is 9.38 Å². The molecule has 2 aliphatic heterocycles. The van der Waals surface area contributed by atoms with Gasteiger partial charge in [-0.1, -0.05) is 50.7 Å². The molecule has 1 aromatic rings. The normalized spacial score (nSPS) is 30.5. The average molecular weight is 443 g/mol. The number of hydrogen-bond acceptors (Lipinski definition) is 5. The molecular weight excluding hydrogens is 408 g/mol. The number of amides is 1. The summed E-state index contributed by atoms with van der Waals surface area (Å²) in [7, 11) is 2.08. The minimum atomic E-state index is -1.17. The highest BCUT2D eigenvalue weighted by Gasteiger charge is 2.50. The first-order valence-electron chi connectivity index (χ1n) is 12.0. The average Bonchev–Trinajstić information content (AvgIpc) is 2.91. The summed E-state index contributed by atoms with van der Waals surface area (Å²) in [6, 6.07) is 7.40. The second-order valence-electron chi connectivity index (χ2n) is 9.85. The van der Waals surface area contributed by atoms with E-state index in [-0.39, 0.29) is 29.3 Å². The molecule has 174 valence electrons. The lowest BCUT2D eigenvalue weighted by Gasteiger charge is -2.45. The van der Waals surface area contributed by atoms with Gasteiger partial charge >= 0.3 is 0 Å². The quantitative estimate of drug-likeness (QED) is 0.698. The van der Waals surface area contributed by atoms with Gasteiger partial charge in [0, 0.05) is 17.4 Å². The number of ether oxygens (including phenoxy) is 2. The molecule has 1 aromatic carbocycles. The van der Waals surface area contributed by atoms with Gasteiger partial charge in [0.05, 0.1) is 19.1 Å². The third kappa shape index (κ3) is 4.65. The molecule has 0 bridgehead atoms. The monoisotopic (exact) mass is 443 g/mol. The van der Waals surface area contributed by atoms with Crippen molar-refractivity contribution >= 4 is 25.5 Å². The van der Waals surface area contributed by atoms with Crippen molar-refractivity contribution in [3.8, 4) is 0 Å². The van der Waals surface area contributed by atoms with Gasteiger partial charge in [0.2, 0.25) is 5.91 Å². The van der Waals surface area contributed by atoms with Crippen LogP contribution >= 0.6 is 0 Å². The molecule has 0 aromatic heterocycles. The minimum Gasteiger partial charge on any atom is -0.462 e. The number of aliphatic imine (C=N–C) groups is 1. The molecule has 1 aliphatic carbocycles. The standard InChI is InChI=1S/C24H35BFN3O3/c25-23(11-5-3-1-2-4-6-12-23)21(30)28-18-9-7-8-17(14-18)24(16-26)19-15-31-13-10-20(19)32-22(27)29-24/h7-9,14,19-20H,1-6,10-13,15-16,25H2,(H2,27,29)(H,28,30)/t19-,20+,24+/m0/s1. The fraction of sp³-hybridized carbons (Fsp3) is 0.667. The number of hydrogen-bond donors (Lipinski definition) is 2. The van der Waals surface area contributed by atoms with Crippen LogP contribution in [-0.2, 0) is 19.8 Å². The molecule has 0 unspecified atom stereocenters. The molecule has 1 saturated heterocycles. The number of nitrogens with zero attached hydrogens (tertiary/aromatic N) is 1. The smallest absolute Gasteiger partial charge is 0.283 e. The molecular formula is C24H35BFN3O3. The van der Waals surface area contributed by atoms with Gasteiger partial charge in [-0.3, -0.25) is 4.79 Å². The van der Waals surface area contributed by atoms with Gasteiger partial charge in [0.1, 0.15) is 26.2 Å². The number of nitrogens with one attached hydrogen (secondary N) is 1. The van der Waals surface area contributed by atoms with Crippen molar-refractivity contribution in [2.75, 3.05) is 25.2 Å². The lowest BCUT2D eigenvalue weighted by Crippen LogP contribution is -2.54. The van der Waals surface area contributed by atoms with Gasteiger partial charge in [0.25, 0.3) is 6.02 Å². The second kappa shape index (κ2) is 9.81. The van der Waals surface area contributed by atoms with Crippen molar-refractivity contribution in [2.24, 2.45) is 16.6 Å². The number of benzene rings is 1. The molecule has 32 heavy (non-hydrogen) atoms. The number of anilines is 1. The molecule has 6 nitrogen and oxygen atoms in total. The van der Waals surface area contributed by atoms with E-state index < -0.39 is 12.2 Å². The van der Waals surface area contributed by atoms with Crippen molar-refractivity contribution < 1.29 is 18.7 Å². The zero-order valence-electron chi connectivity index (χ0n) is 19.1. The van der Waals surface area contributed by atoms with Gasteiger partial charge in [-0.2, -0.15) is 0 Å². The number of amidine groups is 1. The van der Waals surface area contributed by atoms with Gasteiger partial charge in [-0.15, -0.1) is 0 Å². The van der Waals surface area contributed by atoms with E-state index in [1.54, 1.807) is 0 Å². The molecule has 4 rings (SSSR count). The van der Waals surface area contributed by atoms with Crippen molar-refractivity contribution in [2.45, 2.75) is 74.7 Å². The Labute approximate surface area is 190 Å². The summed E-state index contributed by atoms with van der Waals surface area (Å²) < 4.78 is 26.0. The lowest BCUT2D eigenvalue weighted by molar-refractivity contribution is -0.119. The zero-order valence-corrected chi connectivity index (χ0v) is 19.1. The third-order valence-corrected chi connectivity index (χ3v) is 7.57. The Bertz CT molecular complexity index is 842. The molecule has 0 spiro atoms. The summed E-state index contributed by atoms with van der Waals surface area (Å²) >= 11 is 0. The SMILES string of the molecule is BC1(C(=O)Nc2cccc([C@@]3(CF)N=C(N)O[C@@H]4CCOC[C@@H]43)c2)CCCCCCCC1. The first-order valence-corrected chi connectivity index (χ1v) is 12.0. The van der Waals surface area contributed by atoms with E-state index in [2.05, 4.69) is 18.2 Å². The molecule has 8 heteroatoms. The zero-order chi connectivity index (χ0) is 22.6. The molecule has 1 amide bonds. The van der Waals surface area contributed by atoms with Crippen molar-refractivity contribution in [1.82, 2.24) is 0 Å². The van der Waals surface area contributed by atoms with Crippen molar-refractivity contribution in [1.29, 1.82) is 0 Å². The van der Waals surface area contributed by atoms with Gasteiger partial charge in [0.15, 0.2) is 0 Å². The maximum Gasteiger partial charge on any atom is 0.283 e. The summed E-state index contributed by atoms with van der Waals surface area (Å²) in [4.78, 5) is 17.8. The van der Waals surface area contributed by atoms with Gasteiger partial charge in [-0.05, 0) is 30.5 Å². The van der Waals surface area contributed by atoms with Crippen LogP contribution in [0.1, 0.15) is 63.4 Å². The fourth-order valence-corrected chi connectivity index (χ4v) is 5.49. The Morgan fingerprint density at radius 1 is 1.22 bits per heavy atom. The van der Waals surface area contributed by atoms with Crippen LogP contribution in [0.5, 0.6) is 0 Å². The maximum absolute atomic E-state index is 14.7. The number of alkyl halides is 1. The highest BCUT2D eigenvalue weighted by molar-refractivity contribution is 6.30.